The van der Waals surface area contributed by atoms with E-state index < -0.39 is 0 Å². The quantitative estimate of drug-likeness (QED) is 0.825. The van der Waals surface area contributed by atoms with Crippen LogP contribution in [0, 0.1) is 12.7 Å². The van der Waals surface area contributed by atoms with E-state index in [9.17, 15) is 4.39 Å². The molecule has 1 nitrogen and oxygen atoms in total. The minimum atomic E-state index is -0.225. The lowest BCUT2D eigenvalue weighted by molar-refractivity contribution is 0.623. The first-order chi connectivity index (χ1) is 8.56. The molecule has 0 radical (unpaired) electrons. The Labute approximate surface area is 112 Å². The second-order valence-electron chi connectivity index (χ2n) is 4.40. The first-order valence-corrected chi connectivity index (χ1v) is 6.22. The van der Waals surface area contributed by atoms with Crippen molar-refractivity contribution in [2.24, 2.45) is 0 Å². The highest BCUT2D eigenvalue weighted by Gasteiger charge is 2.08. The SMILES string of the molecule is Cc1ccc(Cl)c(NC(C)c2cccc(F)c2)c1. The summed E-state index contributed by atoms with van der Waals surface area (Å²) in [6, 6.07) is 12.4. The molecule has 0 saturated carbocycles. The van der Waals surface area contributed by atoms with E-state index in [4.69, 9.17) is 11.6 Å². The van der Waals surface area contributed by atoms with E-state index >= 15 is 0 Å². The minimum Gasteiger partial charge on any atom is -0.377 e. The highest BCUT2D eigenvalue weighted by Crippen LogP contribution is 2.27. The molecule has 2 rings (SSSR count). The summed E-state index contributed by atoms with van der Waals surface area (Å²) >= 11 is 6.12. The van der Waals surface area contributed by atoms with Crippen LogP contribution < -0.4 is 5.32 Å². The highest BCUT2D eigenvalue weighted by atomic mass is 35.5. The normalized spacial score (nSPS) is 12.2. The maximum Gasteiger partial charge on any atom is 0.123 e. The summed E-state index contributed by atoms with van der Waals surface area (Å²) in [5.74, 6) is -0.225. The molecule has 2 aromatic rings. The van der Waals surface area contributed by atoms with Crippen molar-refractivity contribution in [2.45, 2.75) is 19.9 Å². The maximum atomic E-state index is 13.2. The predicted octanol–water partition coefficient (Wildman–Crippen LogP) is 4.96. The van der Waals surface area contributed by atoms with Crippen LogP contribution in [0.4, 0.5) is 10.1 Å². The topological polar surface area (TPSA) is 12.0 Å². The van der Waals surface area contributed by atoms with E-state index in [0.717, 1.165) is 16.8 Å². The molecular weight excluding hydrogens is 249 g/mol. The lowest BCUT2D eigenvalue weighted by Crippen LogP contribution is -2.07. The number of hydrogen-bond acceptors (Lipinski definition) is 1. The molecule has 1 N–H and O–H groups in total. The molecule has 3 heteroatoms. The van der Waals surface area contributed by atoms with Crippen LogP contribution in [0.5, 0.6) is 0 Å². The molecular formula is C15H15ClFN. The number of halogens is 2. The Morgan fingerprint density at radius 3 is 2.67 bits per heavy atom. The largest absolute Gasteiger partial charge is 0.377 e. The number of benzene rings is 2. The first-order valence-electron chi connectivity index (χ1n) is 5.84. The van der Waals surface area contributed by atoms with Crippen molar-refractivity contribution < 1.29 is 4.39 Å². The number of nitrogens with one attached hydrogen (secondary N) is 1. The van der Waals surface area contributed by atoms with Gasteiger partial charge in [-0.25, -0.2) is 4.39 Å². The van der Waals surface area contributed by atoms with Gasteiger partial charge in [0.1, 0.15) is 5.82 Å². The molecule has 0 amide bonds. The van der Waals surface area contributed by atoms with Gasteiger partial charge in [-0.3, -0.25) is 0 Å². The Kier molecular flexibility index (Phi) is 3.87. The fourth-order valence-corrected chi connectivity index (χ4v) is 2.01. The van der Waals surface area contributed by atoms with Gasteiger partial charge in [0, 0.05) is 6.04 Å². The Morgan fingerprint density at radius 1 is 1.17 bits per heavy atom. The third-order valence-corrected chi connectivity index (χ3v) is 3.17. The second-order valence-corrected chi connectivity index (χ2v) is 4.81. The van der Waals surface area contributed by atoms with Gasteiger partial charge >= 0.3 is 0 Å². The monoisotopic (exact) mass is 263 g/mol. The van der Waals surface area contributed by atoms with Gasteiger partial charge in [-0.2, -0.15) is 0 Å². The Balaban J connectivity index is 2.21. The third-order valence-electron chi connectivity index (χ3n) is 2.84. The number of hydrogen-bond donors (Lipinski definition) is 1. The van der Waals surface area contributed by atoms with Crippen molar-refractivity contribution in [3.05, 3.63) is 64.4 Å². The van der Waals surface area contributed by atoms with Crippen molar-refractivity contribution in [1.82, 2.24) is 0 Å². The number of rotatable bonds is 3. The fraction of sp³-hybridized carbons (Fsp3) is 0.200. The molecule has 0 spiro atoms. The molecule has 0 saturated heterocycles. The molecule has 0 bridgehead atoms. The van der Waals surface area contributed by atoms with Gasteiger partial charge in [0.05, 0.1) is 10.7 Å². The van der Waals surface area contributed by atoms with Gasteiger partial charge < -0.3 is 5.32 Å². The molecule has 0 fully saturated rings. The summed E-state index contributed by atoms with van der Waals surface area (Å²) in [6.45, 7) is 3.99. The van der Waals surface area contributed by atoms with Gasteiger partial charge in [-0.05, 0) is 49.2 Å². The zero-order valence-electron chi connectivity index (χ0n) is 10.4. The fourth-order valence-electron chi connectivity index (χ4n) is 1.84. The summed E-state index contributed by atoms with van der Waals surface area (Å²) in [5.41, 5.74) is 2.90. The predicted molar refractivity (Wildman–Crippen MR) is 74.6 cm³/mol. The maximum absolute atomic E-state index is 13.2. The van der Waals surface area contributed by atoms with E-state index in [2.05, 4.69) is 5.32 Å². The van der Waals surface area contributed by atoms with Crippen LogP contribution in [0.25, 0.3) is 0 Å². The molecule has 0 aliphatic heterocycles. The van der Waals surface area contributed by atoms with Gasteiger partial charge in [0.2, 0.25) is 0 Å². The van der Waals surface area contributed by atoms with E-state index in [1.54, 1.807) is 6.07 Å². The van der Waals surface area contributed by atoms with Crippen LogP contribution in [-0.4, -0.2) is 0 Å². The molecule has 18 heavy (non-hydrogen) atoms. The van der Waals surface area contributed by atoms with E-state index in [-0.39, 0.29) is 11.9 Å². The summed E-state index contributed by atoms with van der Waals surface area (Å²) < 4.78 is 13.2. The molecule has 1 atom stereocenters. The summed E-state index contributed by atoms with van der Waals surface area (Å²) in [6.07, 6.45) is 0. The standard InChI is InChI=1S/C15H15ClFN/c1-10-6-7-14(16)15(8-10)18-11(2)12-4-3-5-13(17)9-12/h3-9,11,18H,1-2H3. The minimum absolute atomic E-state index is 0.000000000000000222. The Bertz CT molecular complexity index is 554. The van der Waals surface area contributed by atoms with E-state index in [1.807, 2.05) is 38.1 Å². The number of anilines is 1. The molecule has 0 aliphatic carbocycles. The number of aryl methyl sites for hydroxylation is 1. The van der Waals surface area contributed by atoms with E-state index in [1.165, 1.54) is 12.1 Å². The molecule has 0 aromatic heterocycles. The van der Waals surface area contributed by atoms with Gasteiger partial charge in [0.25, 0.3) is 0 Å². The third kappa shape index (κ3) is 3.02. The highest BCUT2D eigenvalue weighted by molar-refractivity contribution is 6.33. The van der Waals surface area contributed by atoms with Crippen LogP contribution in [-0.2, 0) is 0 Å². The smallest absolute Gasteiger partial charge is 0.123 e. The molecule has 0 heterocycles. The average Bonchev–Trinajstić information content (AvgIpc) is 2.34. The van der Waals surface area contributed by atoms with Crippen LogP contribution in [0.2, 0.25) is 5.02 Å². The Hall–Kier alpha value is -1.54. The summed E-state index contributed by atoms with van der Waals surface area (Å²) in [5, 5.41) is 3.97. The van der Waals surface area contributed by atoms with Gasteiger partial charge in [0.15, 0.2) is 0 Å². The van der Waals surface area contributed by atoms with Gasteiger partial charge in [-0.15, -0.1) is 0 Å². The van der Waals surface area contributed by atoms with Crippen LogP contribution >= 0.6 is 11.6 Å². The van der Waals surface area contributed by atoms with Crippen molar-refractivity contribution >= 4 is 17.3 Å². The summed E-state index contributed by atoms with van der Waals surface area (Å²) in [7, 11) is 0. The zero-order valence-corrected chi connectivity index (χ0v) is 11.1. The lowest BCUT2D eigenvalue weighted by Gasteiger charge is -2.17. The Morgan fingerprint density at radius 2 is 1.94 bits per heavy atom. The first kappa shape index (κ1) is 12.9. The van der Waals surface area contributed by atoms with Crippen LogP contribution in [0.1, 0.15) is 24.1 Å². The molecule has 1 unspecified atom stereocenters. The molecule has 94 valence electrons. The van der Waals surface area contributed by atoms with Crippen LogP contribution in [0.15, 0.2) is 42.5 Å². The average molecular weight is 264 g/mol. The van der Waals surface area contributed by atoms with Crippen LogP contribution in [0.3, 0.4) is 0 Å². The molecule has 2 aromatic carbocycles. The van der Waals surface area contributed by atoms with Crippen molar-refractivity contribution in [2.75, 3.05) is 5.32 Å². The van der Waals surface area contributed by atoms with Crippen molar-refractivity contribution in [3.8, 4) is 0 Å². The second kappa shape index (κ2) is 5.40. The lowest BCUT2D eigenvalue weighted by atomic mass is 10.1. The van der Waals surface area contributed by atoms with Gasteiger partial charge in [-0.1, -0.05) is 29.8 Å². The molecule has 0 aliphatic rings. The van der Waals surface area contributed by atoms with E-state index in [0.29, 0.717) is 5.02 Å². The van der Waals surface area contributed by atoms with Crippen molar-refractivity contribution in [1.29, 1.82) is 0 Å². The summed E-state index contributed by atoms with van der Waals surface area (Å²) in [4.78, 5) is 0. The zero-order chi connectivity index (χ0) is 13.1. The van der Waals surface area contributed by atoms with Crippen molar-refractivity contribution in [3.63, 3.8) is 0 Å².